The standard InChI is InChI=1S/C10H10.C6H10O3.2CH4O/c1-2-6-9(5-1)10-7-3-4-8-10;1(5-3-8-5)7-2-6-4-9-6;2*1-2/h1-5,7H,6,8H2;5-6H,1-4H2;2*2H,1H3. The zero-order valence-corrected chi connectivity index (χ0v) is 14.0. The van der Waals surface area contributed by atoms with E-state index >= 15 is 0 Å². The van der Waals surface area contributed by atoms with Crippen molar-refractivity contribution in [1.29, 1.82) is 0 Å². The van der Waals surface area contributed by atoms with Crippen molar-refractivity contribution in [3.05, 3.63) is 47.6 Å². The Bertz CT molecular complexity index is 389. The fourth-order valence-corrected chi connectivity index (χ4v) is 2.03. The second kappa shape index (κ2) is 12.2. The van der Waals surface area contributed by atoms with Gasteiger partial charge < -0.3 is 24.4 Å². The van der Waals surface area contributed by atoms with Gasteiger partial charge in [0.15, 0.2) is 0 Å². The smallest absolute Gasteiger partial charge is 0.104 e. The number of aliphatic hydroxyl groups excluding tert-OH is 2. The van der Waals surface area contributed by atoms with Crippen molar-refractivity contribution >= 4 is 0 Å². The molecule has 0 radical (unpaired) electrons. The van der Waals surface area contributed by atoms with Gasteiger partial charge in [0.25, 0.3) is 0 Å². The van der Waals surface area contributed by atoms with Gasteiger partial charge in [0.05, 0.1) is 26.4 Å². The summed E-state index contributed by atoms with van der Waals surface area (Å²) in [6.07, 6.45) is 16.1. The highest BCUT2D eigenvalue weighted by Gasteiger charge is 2.26. The normalized spacial score (nSPS) is 25.0. The lowest BCUT2D eigenvalue weighted by Gasteiger charge is -1.99. The second-order valence-corrected chi connectivity index (χ2v) is 5.10. The molecule has 2 aliphatic heterocycles. The zero-order chi connectivity index (χ0) is 16.9. The van der Waals surface area contributed by atoms with Crippen LogP contribution in [0.25, 0.3) is 0 Å². The van der Waals surface area contributed by atoms with Gasteiger partial charge in [0.2, 0.25) is 0 Å². The summed E-state index contributed by atoms with van der Waals surface area (Å²) in [6.45, 7) is 3.26. The van der Waals surface area contributed by atoms with Crippen LogP contribution in [0, 0.1) is 0 Å². The Morgan fingerprint density at radius 1 is 0.870 bits per heavy atom. The number of hydrogen-bond acceptors (Lipinski definition) is 5. The Morgan fingerprint density at radius 2 is 1.26 bits per heavy atom. The van der Waals surface area contributed by atoms with E-state index in [1.165, 1.54) is 11.1 Å². The summed E-state index contributed by atoms with van der Waals surface area (Å²) in [5.74, 6) is 0. The lowest BCUT2D eigenvalue weighted by molar-refractivity contribution is 0.102. The van der Waals surface area contributed by atoms with Crippen molar-refractivity contribution in [3.63, 3.8) is 0 Å². The van der Waals surface area contributed by atoms with Crippen molar-refractivity contribution in [1.82, 2.24) is 0 Å². The first-order valence-corrected chi connectivity index (χ1v) is 7.84. The van der Waals surface area contributed by atoms with E-state index in [0.29, 0.717) is 12.2 Å². The molecule has 0 saturated carbocycles. The fourth-order valence-electron chi connectivity index (χ4n) is 2.03. The molecular formula is C18H28O5. The summed E-state index contributed by atoms with van der Waals surface area (Å²) in [4.78, 5) is 0. The van der Waals surface area contributed by atoms with Gasteiger partial charge in [-0.2, -0.15) is 0 Å². The molecule has 2 N–H and O–H groups in total. The SMILES string of the molecule is C(OCC1CO1)C1CO1.C1=CCC(C2=CC=CC2)=C1.CO.CO. The molecule has 2 heterocycles. The molecule has 5 nitrogen and oxygen atoms in total. The van der Waals surface area contributed by atoms with Crippen molar-refractivity contribution in [3.8, 4) is 0 Å². The molecule has 0 bridgehead atoms. The van der Waals surface area contributed by atoms with E-state index in [1.807, 2.05) is 0 Å². The van der Waals surface area contributed by atoms with Crippen LogP contribution in [0.5, 0.6) is 0 Å². The molecule has 2 atom stereocenters. The molecule has 2 unspecified atom stereocenters. The van der Waals surface area contributed by atoms with Crippen molar-refractivity contribution in [2.75, 3.05) is 40.6 Å². The molecular weight excluding hydrogens is 296 g/mol. The topological polar surface area (TPSA) is 74.8 Å². The van der Waals surface area contributed by atoms with Crippen molar-refractivity contribution < 1.29 is 24.4 Å². The van der Waals surface area contributed by atoms with Crippen molar-refractivity contribution in [2.24, 2.45) is 0 Å². The average Bonchev–Trinajstić information content (AvgIpc) is 3.49. The molecule has 5 heteroatoms. The van der Waals surface area contributed by atoms with Gasteiger partial charge in [-0.25, -0.2) is 0 Å². The maximum Gasteiger partial charge on any atom is 0.104 e. The first kappa shape index (κ1) is 19.8. The Labute approximate surface area is 138 Å². The lowest BCUT2D eigenvalue weighted by Crippen LogP contribution is -2.06. The summed E-state index contributed by atoms with van der Waals surface area (Å²) >= 11 is 0. The predicted molar refractivity (Wildman–Crippen MR) is 90.3 cm³/mol. The molecule has 2 fully saturated rings. The molecule has 0 aromatic carbocycles. The molecule has 4 rings (SSSR count). The minimum Gasteiger partial charge on any atom is -0.400 e. The minimum absolute atomic E-state index is 0.392. The molecule has 2 saturated heterocycles. The molecule has 0 spiro atoms. The van der Waals surface area contributed by atoms with Gasteiger partial charge in [0.1, 0.15) is 12.2 Å². The number of ether oxygens (including phenoxy) is 3. The molecule has 130 valence electrons. The van der Waals surface area contributed by atoms with Gasteiger partial charge in [-0.15, -0.1) is 0 Å². The van der Waals surface area contributed by atoms with E-state index in [1.54, 1.807) is 0 Å². The van der Waals surface area contributed by atoms with E-state index in [-0.39, 0.29) is 0 Å². The summed E-state index contributed by atoms with van der Waals surface area (Å²) in [6, 6.07) is 0. The van der Waals surface area contributed by atoms with E-state index in [9.17, 15) is 0 Å². The number of allylic oxidation sites excluding steroid dienone is 8. The Balaban J connectivity index is 0.000000190. The van der Waals surface area contributed by atoms with Crippen LogP contribution in [0.4, 0.5) is 0 Å². The molecule has 23 heavy (non-hydrogen) atoms. The predicted octanol–water partition coefficient (Wildman–Crippen LogP) is 1.78. The van der Waals surface area contributed by atoms with Crippen LogP contribution in [-0.4, -0.2) is 63.1 Å². The monoisotopic (exact) mass is 324 g/mol. The van der Waals surface area contributed by atoms with E-state index < -0.39 is 0 Å². The summed E-state index contributed by atoms with van der Waals surface area (Å²) in [7, 11) is 2.00. The lowest BCUT2D eigenvalue weighted by atomic mass is 10.1. The van der Waals surface area contributed by atoms with Crippen molar-refractivity contribution in [2.45, 2.75) is 25.0 Å². The van der Waals surface area contributed by atoms with Crippen LogP contribution in [0.3, 0.4) is 0 Å². The fraction of sp³-hybridized carbons (Fsp3) is 0.556. The molecule has 0 aromatic heterocycles. The number of rotatable bonds is 5. The Kier molecular flexibility index (Phi) is 10.5. The first-order chi connectivity index (χ1) is 11.4. The summed E-state index contributed by atoms with van der Waals surface area (Å²) in [5.41, 5.74) is 2.98. The molecule has 0 amide bonds. The largest absolute Gasteiger partial charge is 0.400 e. The van der Waals surface area contributed by atoms with Gasteiger partial charge >= 0.3 is 0 Å². The van der Waals surface area contributed by atoms with Crippen LogP contribution in [-0.2, 0) is 14.2 Å². The third kappa shape index (κ3) is 8.83. The summed E-state index contributed by atoms with van der Waals surface area (Å²) < 4.78 is 15.1. The van der Waals surface area contributed by atoms with E-state index in [2.05, 4.69) is 36.5 Å². The van der Waals surface area contributed by atoms with Gasteiger partial charge in [-0.05, 0) is 24.0 Å². The highest BCUT2D eigenvalue weighted by atomic mass is 16.6. The van der Waals surface area contributed by atoms with E-state index in [0.717, 1.165) is 53.5 Å². The highest BCUT2D eigenvalue weighted by molar-refractivity contribution is 5.44. The first-order valence-electron chi connectivity index (χ1n) is 7.84. The van der Waals surface area contributed by atoms with Crippen LogP contribution < -0.4 is 0 Å². The van der Waals surface area contributed by atoms with Gasteiger partial charge in [-0.3, -0.25) is 0 Å². The zero-order valence-electron chi connectivity index (χ0n) is 14.0. The van der Waals surface area contributed by atoms with Crippen LogP contribution in [0.1, 0.15) is 12.8 Å². The quantitative estimate of drug-likeness (QED) is 0.754. The van der Waals surface area contributed by atoms with Gasteiger partial charge in [-0.1, -0.05) is 36.5 Å². The Morgan fingerprint density at radius 3 is 1.52 bits per heavy atom. The second-order valence-electron chi connectivity index (χ2n) is 5.10. The third-order valence-electron chi connectivity index (χ3n) is 3.37. The number of aliphatic hydroxyl groups is 2. The minimum atomic E-state index is 0.392. The third-order valence-corrected chi connectivity index (χ3v) is 3.37. The van der Waals surface area contributed by atoms with Gasteiger partial charge in [0, 0.05) is 14.2 Å². The summed E-state index contributed by atoms with van der Waals surface area (Å²) in [5, 5.41) is 14.0. The van der Waals surface area contributed by atoms with Crippen LogP contribution in [0.2, 0.25) is 0 Å². The Hall–Kier alpha value is -1.24. The number of epoxide rings is 2. The van der Waals surface area contributed by atoms with Crippen LogP contribution in [0.15, 0.2) is 47.6 Å². The molecule has 2 aliphatic carbocycles. The average molecular weight is 324 g/mol. The number of hydrogen-bond donors (Lipinski definition) is 2. The maximum absolute atomic E-state index is 7.00. The molecule has 0 aromatic rings. The highest BCUT2D eigenvalue weighted by Crippen LogP contribution is 2.25. The van der Waals surface area contributed by atoms with E-state index in [4.69, 9.17) is 24.4 Å². The molecule has 4 aliphatic rings. The maximum atomic E-state index is 7.00. The van der Waals surface area contributed by atoms with Crippen LogP contribution >= 0.6 is 0 Å².